The van der Waals surface area contributed by atoms with Crippen molar-refractivity contribution in [2.24, 2.45) is 5.41 Å². The summed E-state index contributed by atoms with van der Waals surface area (Å²) in [4.78, 5) is 2.40. The fourth-order valence-electron chi connectivity index (χ4n) is 4.24. The molecule has 0 radical (unpaired) electrons. The van der Waals surface area contributed by atoms with Crippen molar-refractivity contribution in [1.29, 1.82) is 0 Å². The van der Waals surface area contributed by atoms with Gasteiger partial charge in [0.1, 0.15) is 11.6 Å². The van der Waals surface area contributed by atoms with E-state index in [1.54, 1.807) is 0 Å². The number of nitrogens with zero attached hydrogens (tertiary/aromatic N) is 1. The summed E-state index contributed by atoms with van der Waals surface area (Å²) in [6.45, 7) is 4.21. The van der Waals surface area contributed by atoms with Gasteiger partial charge >= 0.3 is 0 Å². The molecule has 21 heavy (non-hydrogen) atoms. The van der Waals surface area contributed by atoms with Crippen molar-refractivity contribution >= 4 is 0 Å². The summed E-state index contributed by atoms with van der Waals surface area (Å²) in [6.07, 6.45) is 9.47. The molecule has 1 saturated carbocycles. The first kappa shape index (κ1) is 14.8. The Labute approximate surface area is 127 Å². The molecule has 116 valence electrons. The lowest BCUT2D eigenvalue weighted by Gasteiger charge is -2.46. The Hall–Kier alpha value is -1.09. The summed E-state index contributed by atoms with van der Waals surface area (Å²) in [6, 6.07) is 4.35. The molecule has 1 atom stereocenters. The van der Waals surface area contributed by atoms with Crippen molar-refractivity contribution in [3.63, 3.8) is 0 Å². The molecule has 1 spiro atoms. The first-order valence-corrected chi connectivity index (χ1v) is 8.32. The van der Waals surface area contributed by atoms with E-state index in [0.29, 0.717) is 5.41 Å². The maximum absolute atomic E-state index is 13.4. The van der Waals surface area contributed by atoms with E-state index in [1.165, 1.54) is 63.1 Å². The second-order valence-electron chi connectivity index (χ2n) is 6.98. The van der Waals surface area contributed by atoms with Gasteiger partial charge in [0.2, 0.25) is 0 Å². The first-order chi connectivity index (χ1) is 10.1. The fraction of sp³-hybridized carbons (Fsp3) is 0.667. The zero-order chi connectivity index (χ0) is 14.9. The maximum atomic E-state index is 13.4. The molecule has 1 heterocycles. The van der Waals surface area contributed by atoms with E-state index >= 15 is 0 Å². The van der Waals surface area contributed by atoms with E-state index < -0.39 is 0 Å². The van der Waals surface area contributed by atoms with Gasteiger partial charge in [0.15, 0.2) is 0 Å². The van der Waals surface area contributed by atoms with Crippen LogP contribution in [0, 0.1) is 11.2 Å². The Morgan fingerprint density at radius 1 is 1.10 bits per heavy atom. The molecule has 2 aliphatic rings. The summed E-state index contributed by atoms with van der Waals surface area (Å²) in [7, 11) is 0. The van der Waals surface area contributed by atoms with Crippen LogP contribution in [-0.4, -0.2) is 23.1 Å². The second-order valence-corrected chi connectivity index (χ2v) is 6.98. The molecule has 1 unspecified atom stereocenters. The molecular weight excluding hydrogens is 265 g/mol. The highest BCUT2D eigenvalue weighted by molar-refractivity contribution is 5.35. The number of hydrogen-bond donors (Lipinski definition) is 1. The van der Waals surface area contributed by atoms with Gasteiger partial charge in [0.25, 0.3) is 0 Å². The van der Waals surface area contributed by atoms with Crippen molar-refractivity contribution < 1.29 is 9.50 Å². The molecule has 0 amide bonds. The van der Waals surface area contributed by atoms with Crippen LogP contribution >= 0.6 is 0 Å². The Morgan fingerprint density at radius 2 is 1.76 bits per heavy atom. The van der Waals surface area contributed by atoms with Crippen LogP contribution in [0.2, 0.25) is 0 Å². The van der Waals surface area contributed by atoms with Crippen LogP contribution in [0.1, 0.15) is 63.5 Å². The molecule has 1 aromatic rings. The molecule has 2 nitrogen and oxygen atoms in total. The smallest absolute Gasteiger partial charge is 0.123 e. The van der Waals surface area contributed by atoms with Gasteiger partial charge in [0, 0.05) is 11.6 Å². The molecular formula is C18H26FNO. The van der Waals surface area contributed by atoms with E-state index in [1.807, 2.05) is 0 Å². The third kappa shape index (κ3) is 3.08. The third-order valence-electron chi connectivity index (χ3n) is 5.76. The number of benzene rings is 1. The number of hydrogen-bond acceptors (Lipinski definition) is 2. The number of rotatable bonds is 2. The molecule has 3 heteroatoms. The van der Waals surface area contributed by atoms with Crippen molar-refractivity contribution in [3.05, 3.63) is 29.6 Å². The van der Waals surface area contributed by atoms with Crippen molar-refractivity contribution in [3.8, 4) is 5.75 Å². The molecule has 1 aliphatic carbocycles. The van der Waals surface area contributed by atoms with Crippen molar-refractivity contribution in [2.45, 2.75) is 57.9 Å². The zero-order valence-electron chi connectivity index (χ0n) is 12.9. The number of phenolic OH excluding ortho intramolecular Hbond substituents is 1. The zero-order valence-corrected chi connectivity index (χ0v) is 12.9. The summed E-state index contributed by atoms with van der Waals surface area (Å²) in [5.41, 5.74) is 1.30. The largest absolute Gasteiger partial charge is 0.508 e. The molecule has 3 rings (SSSR count). The molecule has 2 fully saturated rings. The molecule has 1 saturated heterocycles. The van der Waals surface area contributed by atoms with Crippen molar-refractivity contribution in [2.75, 3.05) is 13.1 Å². The first-order valence-electron chi connectivity index (χ1n) is 8.32. The molecule has 1 aromatic carbocycles. The van der Waals surface area contributed by atoms with Gasteiger partial charge in [-0.25, -0.2) is 4.39 Å². The predicted molar refractivity (Wildman–Crippen MR) is 82.8 cm³/mol. The number of halogens is 1. The van der Waals surface area contributed by atoms with Gasteiger partial charge < -0.3 is 5.11 Å². The lowest BCUT2D eigenvalue weighted by molar-refractivity contribution is 0.0481. The Kier molecular flexibility index (Phi) is 4.21. The quantitative estimate of drug-likeness (QED) is 0.858. The Bertz CT molecular complexity index is 486. The summed E-state index contributed by atoms with van der Waals surface area (Å²) in [5, 5.41) is 9.98. The monoisotopic (exact) mass is 291 g/mol. The topological polar surface area (TPSA) is 23.5 Å². The second kappa shape index (κ2) is 5.96. The molecule has 1 aliphatic heterocycles. The van der Waals surface area contributed by atoms with Gasteiger partial charge in [-0.15, -0.1) is 0 Å². The highest BCUT2D eigenvalue weighted by atomic mass is 19.1. The predicted octanol–water partition coefficient (Wildman–Crippen LogP) is 4.64. The van der Waals surface area contributed by atoms with Crippen LogP contribution in [0.3, 0.4) is 0 Å². The SMILES string of the molecule is CC(c1cc(F)ccc1O)N1CCC2(CCCCC2)CC1. The van der Waals surface area contributed by atoms with E-state index in [0.717, 1.165) is 18.7 Å². The normalized spacial score (nSPS) is 24.1. The molecule has 1 N–H and O–H groups in total. The minimum Gasteiger partial charge on any atom is -0.508 e. The summed E-state index contributed by atoms with van der Waals surface area (Å²) < 4.78 is 13.4. The lowest BCUT2D eigenvalue weighted by Crippen LogP contribution is -2.42. The minimum absolute atomic E-state index is 0.0849. The highest BCUT2D eigenvalue weighted by Crippen LogP contribution is 2.46. The number of phenols is 1. The van der Waals surface area contributed by atoms with Gasteiger partial charge in [-0.2, -0.15) is 0 Å². The van der Waals surface area contributed by atoms with Crippen LogP contribution in [0.15, 0.2) is 18.2 Å². The highest BCUT2D eigenvalue weighted by Gasteiger charge is 2.36. The standard InChI is InChI=1S/C18H26FNO/c1-14(16-13-15(19)5-6-17(16)21)20-11-9-18(10-12-20)7-3-2-4-8-18/h5-6,13-14,21H,2-4,7-12H2,1H3. The van der Waals surface area contributed by atoms with Gasteiger partial charge in [-0.1, -0.05) is 19.3 Å². The van der Waals surface area contributed by atoms with Crippen LogP contribution in [0.25, 0.3) is 0 Å². The Morgan fingerprint density at radius 3 is 2.43 bits per heavy atom. The molecule has 0 bridgehead atoms. The number of aromatic hydroxyl groups is 1. The van der Waals surface area contributed by atoms with Crippen LogP contribution in [-0.2, 0) is 0 Å². The van der Waals surface area contributed by atoms with Crippen LogP contribution < -0.4 is 0 Å². The fourth-order valence-corrected chi connectivity index (χ4v) is 4.24. The minimum atomic E-state index is -0.268. The Balaban J connectivity index is 1.67. The van der Waals surface area contributed by atoms with Crippen LogP contribution in [0.5, 0.6) is 5.75 Å². The average Bonchev–Trinajstić information content (AvgIpc) is 2.51. The summed E-state index contributed by atoms with van der Waals surface area (Å²) in [5.74, 6) is -0.0581. The van der Waals surface area contributed by atoms with E-state index in [2.05, 4.69) is 11.8 Å². The summed E-state index contributed by atoms with van der Waals surface area (Å²) >= 11 is 0. The van der Waals surface area contributed by atoms with Gasteiger partial charge in [0.05, 0.1) is 0 Å². The van der Waals surface area contributed by atoms with E-state index in [9.17, 15) is 9.50 Å². The number of likely N-dealkylation sites (tertiary alicyclic amines) is 1. The van der Waals surface area contributed by atoms with Gasteiger partial charge in [-0.05, 0) is 69.3 Å². The lowest BCUT2D eigenvalue weighted by atomic mass is 9.68. The van der Waals surface area contributed by atoms with E-state index in [4.69, 9.17) is 0 Å². The van der Waals surface area contributed by atoms with Crippen molar-refractivity contribution in [1.82, 2.24) is 4.90 Å². The van der Waals surface area contributed by atoms with Gasteiger partial charge in [-0.3, -0.25) is 4.90 Å². The number of piperidine rings is 1. The molecule has 0 aromatic heterocycles. The third-order valence-corrected chi connectivity index (χ3v) is 5.76. The maximum Gasteiger partial charge on any atom is 0.123 e. The van der Waals surface area contributed by atoms with Crippen LogP contribution in [0.4, 0.5) is 4.39 Å². The average molecular weight is 291 g/mol. The van der Waals surface area contributed by atoms with E-state index in [-0.39, 0.29) is 17.6 Å².